The predicted octanol–water partition coefficient (Wildman–Crippen LogP) is 14.2. The maximum atomic E-state index is 12.3. The van der Waals surface area contributed by atoms with E-state index in [-0.39, 0.29) is 12.5 Å². The molecular formula is C47H89NO3. The molecule has 0 aromatic rings. The molecule has 4 heteroatoms. The number of rotatable bonds is 41. The Kier molecular flexibility index (Phi) is 41.8. The molecule has 2 unspecified atom stereocenters. The first-order valence-electron chi connectivity index (χ1n) is 22.7. The topological polar surface area (TPSA) is 69.6 Å². The van der Waals surface area contributed by atoms with E-state index >= 15 is 0 Å². The molecule has 0 aromatic carbocycles. The Hall–Kier alpha value is -1.39. The Bertz CT molecular complexity index is 775. The SMILES string of the molecule is CCCCCCCCCCCCCCCCCCC/C=C/CC/C=C/CC/C=C/C(O)C(CO)NC(=O)CCCCCCCCCCCCCC. The minimum Gasteiger partial charge on any atom is -0.394 e. The highest BCUT2D eigenvalue weighted by atomic mass is 16.3. The van der Waals surface area contributed by atoms with Gasteiger partial charge in [0.1, 0.15) is 0 Å². The monoisotopic (exact) mass is 716 g/mol. The highest BCUT2D eigenvalue weighted by Gasteiger charge is 2.17. The molecule has 0 aromatic heterocycles. The molecule has 1 amide bonds. The lowest BCUT2D eigenvalue weighted by atomic mass is 10.0. The van der Waals surface area contributed by atoms with Crippen molar-refractivity contribution in [2.75, 3.05) is 6.61 Å². The van der Waals surface area contributed by atoms with E-state index in [9.17, 15) is 15.0 Å². The van der Waals surface area contributed by atoms with Crippen molar-refractivity contribution in [3.8, 4) is 0 Å². The van der Waals surface area contributed by atoms with E-state index in [0.29, 0.717) is 6.42 Å². The van der Waals surface area contributed by atoms with Crippen molar-refractivity contribution in [2.45, 2.75) is 251 Å². The summed E-state index contributed by atoms with van der Waals surface area (Å²) in [5.41, 5.74) is 0. The van der Waals surface area contributed by atoms with Crippen molar-refractivity contribution in [1.82, 2.24) is 5.32 Å². The molecular weight excluding hydrogens is 627 g/mol. The molecule has 0 radical (unpaired) electrons. The minimum atomic E-state index is -0.866. The first-order chi connectivity index (χ1) is 25.2. The van der Waals surface area contributed by atoms with Crippen molar-refractivity contribution >= 4 is 5.91 Å². The van der Waals surface area contributed by atoms with Gasteiger partial charge in [0.25, 0.3) is 0 Å². The van der Waals surface area contributed by atoms with Crippen LogP contribution in [0.1, 0.15) is 239 Å². The molecule has 2 atom stereocenters. The van der Waals surface area contributed by atoms with Crippen LogP contribution in [0.4, 0.5) is 0 Å². The van der Waals surface area contributed by atoms with Crippen molar-refractivity contribution < 1.29 is 15.0 Å². The van der Waals surface area contributed by atoms with Gasteiger partial charge in [-0.2, -0.15) is 0 Å². The highest BCUT2D eigenvalue weighted by molar-refractivity contribution is 5.76. The molecule has 300 valence electrons. The summed E-state index contributed by atoms with van der Waals surface area (Å²) in [6, 6.07) is -0.641. The summed E-state index contributed by atoms with van der Waals surface area (Å²) >= 11 is 0. The van der Waals surface area contributed by atoms with Crippen LogP contribution >= 0.6 is 0 Å². The Balaban J connectivity index is 3.58. The number of nitrogens with one attached hydrogen (secondary N) is 1. The average Bonchev–Trinajstić information content (AvgIpc) is 3.13. The number of carbonyl (C=O) groups excluding carboxylic acids is 1. The maximum Gasteiger partial charge on any atom is 0.220 e. The van der Waals surface area contributed by atoms with Crippen LogP contribution in [0.5, 0.6) is 0 Å². The lowest BCUT2D eigenvalue weighted by Crippen LogP contribution is -2.45. The molecule has 0 fully saturated rings. The number of allylic oxidation sites excluding steroid dienone is 5. The fraction of sp³-hybridized carbons (Fsp3) is 0.851. The fourth-order valence-electron chi connectivity index (χ4n) is 6.86. The molecule has 0 aliphatic heterocycles. The summed E-state index contributed by atoms with van der Waals surface area (Å²) in [4.78, 5) is 12.3. The van der Waals surface area contributed by atoms with Gasteiger partial charge in [-0.25, -0.2) is 0 Å². The van der Waals surface area contributed by atoms with E-state index < -0.39 is 12.1 Å². The first-order valence-corrected chi connectivity index (χ1v) is 22.7. The third-order valence-corrected chi connectivity index (χ3v) is 10.4. The van der Waals surface area contributed by atoms with E-state index in [1.165, 1.54) is 180 Å². The zero-order valence-corrected chi connectivity index (χ0v) is 34.4. The third-order valence-electron chi connectivity index (χ3n) is 10.4. The Morgan fingerprint density at radius 1 is 0.451 bits per heavy atom. The first kappa shape index (κ1) is 49.6. The number of aliphatic hydroxyl groups excluding tert-OH is 2. The average molecular weight is 716 g/mol. The van der Waals surface area contributed by atoms with Gasteiger partial charge >= 0.3 is 0 Å². The van der Waals surface area contributed by atoms with Crippen LogP contribution in [0.15, 0.2) is 36.5 Å². The molecule has 51 heavy (non-hydrogen) atoms. The van der Waals surface area contributed by atoms with Gasteiger partial charge in [0.15, 0.2) is 0 Å². The molecule has 3 N–H and O–H groups in total. The van der Waals surface area contributed by atoms with Gasteiger partial charge in [0.2, 0.25) is 5.91 Å². The van der Waals surface area contributed by atoms with Crippen LogP contribution in [0.25, 0.3) is 0 Å². The normalized spacial score (nSPS) is 13.3. The van der Waals surface area contributed by atoms with Crippen molar-refractivity contribution in [1.29, 1.82) is 0 Å². The second kappa shape index (κ2) is 43.0. The number of amides is 1. The van der Waals surface area contributed by atoms with Crippen LogP contribution in [0.3, 0.4) is 0 Å². The highest BCUT2D eigenvalue weighted by Crippen LogP contribution is 2.15. The largest absolute Gasteiger partial charge is 0.394 e. The standard InChI is InChI=1S/C47H89NO3/c1-3-5-7-9-11-13-15-17-18-19-20-21-22-23-24-25-26-27-28-29-30-31-32-34-36-38-40-42-46(50)45(44-49)48-47(51)43-41-39-37-35-33-16-14-12-10-8-6-4-2/h28-29,32,34,40,42,45-46,49-50H,3-27,30-31,33,35-39,41,43-44H2,1-2H3,(H,48,51)/b29-28+,34-32+,42-40+. The number of hydrogen-bond acceptors (Lipinski definition) is 3. The Labute approximate surface area is 319 Å². The number of hydrogen-bond donors (Lipinski definition) is 3. The third kappa shape index (κ3) is 39.6. The van der Waals surface area contributed by atoms with Gasteiger partial charge in [0, 0.05) is 6.42 Å². The molecule has 0 bridgehead atoms. The summed E-state index contributed by atoms with van der Waals surface area (Å²) in [5.74, 6) is -0.0780. The van der Waals surface area contributed by atoms with Crippen LogP contribution in [-0.2, 0) is 4.79 Å². The molecule has 0 aliphatic carbocycles. The van der Waals surface area contributed by atoms with Crippen molar-refractivity contribution in [2.24, 2.45) is 0 Å². The van der Waals surface area contributed by atoms with E-state index in [1.54, 1.807) is 6.08 Å². The second-order valence-electron chi connectivity index (χ2n) is 15.5. The van der Waals surface area contributed by atoms with Gasteiger partial charge < -0.3 is 15.5 Å². The van der Waals surface area contributed by atoms with Crippen LogP contribution in [0.2, 0.25) is 0 Å². The summed E-state index contributed by atoms with van der Waals surface area (Å²) in [7, 11) is 0. The molecule has 0 saturated carbocycles. The molecule has 0 spiro atoms. The van der Waals surface area contributed by atoms with E-state index in [4.69, 9.17) is 0 Å². The lowest BCUT2D eigenvalue weighted by Gasteiger charge is -2.19. The fourth-order valence-corrected chi connectivity index (χ4v) is 6.86. The van der Waals surface area contributed by atoms with E-state index in [1.807, 2.05) is 6.08 Å². The summed E-state index contributed by atoms with van der Waals surface area (Å²) in [6.07, 6.45) is 57.0. The van der Waals surface area contributed by atoms with Crippen LogP contribution in [-0.4, -0.2) is 34.9 Å². The van der Waals surface area contributed by atoms with Gasteiger partial charge in [-0.05, 0) is 44.9 Å². The maximum absolute atomic E-state index is 12.3. The Morgan fingerprint density at radius 2 is 0.765 bits per heavy atom. The van der Waals surface area contributed by atoms with Gasteiger partial charge in [-0.3, -0.25) is 4.79 Å². The number of carbonyl (C=O) groups is 1. The number of aliphatic hydroxyl groups is 2. The van der Waals surface area contributed by atoms with Crippen molar-refractivity contribution in [3.63, 3.8) is 0 Å². The van der Waals surface area contributed by atoms with E-state index in [2.05, 4.69) is 43.5 Å². The molecule has 4 nitrogen and oxygen atoms in total. The van der Waals surface area contributed by atoms with Crippen LogP contribution in [0, 0.1) is 0 Å². The van der Waals surface area contributed by atoms with Gasteiger partial charge in [-0.1, -0.05) is 224 Å². The van der Waals surface area contributed by atoms with Gasteiger partial charge in [-0.15, -0.1) is 0 Å². The minimum absolute atomic E-state index is 0.0780. The van der Waals surface area contributed by atoms with Crippen LogP contribution < -0.4 is 5.32 Å². The smallest absolute Gasteiger partial charge is 0.220 e. The summed E-state index contributed by atoms with van der Waals surface area (Å²) < 4.78 is 0. The quantitative estimate of drug-likeness (QED) is 0.0436. The lowest BCUT2D eigenvalue weighted by molar-refractivity contribution is -0.123. The zero-order valence-electron chi connectivity index (χ0n) is 34.4. The molecule has 0 aliphatic rings. The Morgan fingerprint density at radius 3 is 1.14 bits per heavy atom. The zero-order chi connectivity index (χ0) is 37.1. The van der Waals surface area contributed by atoms with Gasteiger partial charge in [0.05, 0.1) is 18.8 Å². The second-order valence-corrected chi connectivity index (χ2v) is 15.5. The molecule has 0 rings (SSSR count). The molecule has 0 heterocycles. The summed E-state index contributed by atoms with van der Waals surface area (Å²) in [5, 5.41) is 22.9. The van der Waals surface area contributed by atoms with E-state index in [0.717, 1.165) is 38.5 Å². The predicted molar refractivity (Wildman–Crippen MR) is 225 cm³/mol. The molecule has 0 saturated heterocycles. The summed E-state index contributed by atoms with van der Waals surface area (Å²) in [6.45, 7) is 4.29. The van der Waals surface area contributed by atoms with Crippen molar-refractivity contribution in [3.05, 3.63) is 36.5 Å². The number of unbranched alkanes of at least 4 members (excludes halogenated alkanes) is 30.